The first-order valence-electron chi connectivity index (χ1n) is 12.2. The maximum Gasteiger partial charge on any atom is 0.407 e. The van der Waals surface area contributed by atoms with Crippen LogP contribution in [0.5, 0.6) is 0 Å². The molecule has 3 aliphatic rings. The molecule has 0 radical (unpaired) electrons. The Morgan fingerprint density at radius 1 is 1.00 bits per heavy atom. The van der Waals surface area contributed by atoms with E-state index in [-0.39, 0.29) is 31.1 Å². The largest absolute Gasteiger partial charge is 0.480 e. The lowest BCUT2D eigenvalue weighted by Gasteiger charge is -2.27. The fourth-order valence-corrected chi connectivity index (χ4v) is 5.22. The van der Waals surface area contributed by atoms with Crippen LogP contribution in [0.2, 0.25) is 0 Å². The van der Waals surface area contributed by atoms with Crippen molar-refractivity contribution in [3.63, 3.8) is 0 Å². The van der Waals surface area contributed by atoms with Crippen LogP contribution in [0.3, 0.4) is 0 Å². The second-order valence-corrected chi connectivity index (χ2v) is 9.80. The molecule has 3 unspecified atom stereocenters. The van der Waals surface area contributed by atoms with Crippen LogP contribution in [0.25, 0.3) is 11.1 Å². The van der Waals surface area contributed by atoms with Crippen LogP contribution < -0.4 is 10.6 Å². The number of carboxylic acids is 1. The molecule has 0 bridgehead atoms. The molecule has 2 aliphatic carbocycles. The summed E-state index contributed by atoms with van der Waals surface area (Å²) in [6.07, 6.45) is 1.07. The minimum Gasteiger partial charge on any atom is -0.480 e. The third-order valence-electron chi connectivity index (χ3n) is 7.44. The lowest BCUT2D eigenvalue weighted by Crippen LogP contribution is -2.56. The van der Waals surface area contributed by atoms with E-state index in [1.165, 1.54) is 11.1 Å². The van der Waals surface area contributed by atoms with E-state index in [1.54, 1.807) is 6.92 Å². The Bertz CT molecular complexity index is 1100. The van der Waals surface area contributed by atoms with Gasteiger partial charge in [0, 0.05) is 12.5 Å². The quantitative estimate of drug-likeness (QED) is 0.536. The summed E-state index contributed by atoms with van der Waals surface area (Å²) in [5, 5.41) is 15.0. The van der Waals surface area contributed by atoms with Gasteiger partial charge in [0.1, 0.15) is 18.2 Å². The Morgan fingerprint density at radius 2 is 1.63 bits per heavy atom. The highest BCUT2D eigenvalue weighted by Gasteiger charge is 2.49. The number of alkyl carbamates (subject to hydrolysis) is 1. The molecule has 1 saturated heterocycles. The zero-order chi connectivity index (χ0) is 24.6. The van der Waals surface area contributed by atoms with Gasteiger partial charge in [-0.25, -0.2) is 9.59 Å². The van der Waals surface area contributed by atoms with Crippen molar-refractivity contribution in [2.75, 3.05) is 13.2 Å². The Kier molecular flexibility index (Phi) is 6.23. The monoisotopic (exact) mass is 478 g/mol. The van der Waals surface area contributed by atoms with E-state index in [9.17, 15) is 19.5 Å². The van der Waals surface area contributed by atoms with E-state index in [4.69, 9.17) is 9.47 Å². The highest BCUT2D eigenvalue weighted by Crippen LogP contribution is 2.44. The summed E-state index contributed by atoms with van der Waals surface area (Å²) in [4.78, 5) is 36.7. The summed E-state index contributed by atoms with van der Waals surface area (Å²) in [6.45, 7) is 2.00. The molecule has 8 heteroatoms. The van der Waals surface area contributed by atoms with Gasteiger partial charge >= 0.3 is 12.1 Å². The minimum absolute atomic E-state index is 0.0148. The summed E-state index contributed by atoms with van der Waals surface area (Å²) in [6, 6.07) is 16.3. The molecule has 8 nitrogen and oxygen atoms in total. The van der Waals surface area contributed by atoms with Gasteiger partial charge in [-0.3, -0.25) is 4.79 Å². The van der Waals surface area contributed by atoms with Crippen LogP contribution in [0.4, 0.5) is 4.79 Å². The first-order chi connectivity index (χ1) is 16.9. The Labute approximate surface area is 204 Å². The van der Waals surface area contributed by atoms with Crippen molar-refractivity contribution < 1.29 is 29.0 Å². The van der Waals surface area contributed by atoms with Gasteiger partial charge in [-0.15, -0.1) is 0 Å². The summed E-state index contributed by atoms with van der Waals surface area (Å²) in [7, 11) is 0. The van der Waals surface area contributed by atoms with Gasteiger partial charge in [0.05, 0.1) is 6.10 Å². The number of fused-ring (bicyclic) bond motifs is 3. The standard InChI is InChI=1S/C27H30N2O6/c1-27(25(31)32,16-10-11-16)29-24(30)23-13-12-17(35-23)14-28-26(33)34-15-22-20-8-4-2-6-18(20)19-7-3-5-9-21(19)22/h2-9,16-17,22-23H,10-15H2,1H3,(H,28,33)(H,29,30)(H,31,32). The van der Waals surface area contributed by atoms with Gasteiger partial charge in [-0.05, 0) is 60.8 Å². The first kappa shape index (κ1) is 23.4. The molecule has 1 saturated carbocycles. The normalized spacial score (nSPS) is 22.5. The van der Waals surface area contributed by atoms with Crippen LogP contribution in [-0.2, 0) is 19.1 Å². The molecule has 3 atom stereocenters. The third kappa shape index (κ3) is 4.62. The zero-order valence-electron chi connectivity index (χ0n) is 19.7. The van der Waals surface area contributed by atoms with Gasteiger partial charge in [0.2, 0.25) is 5.91 Å². The number of hydrogen-bond acceptors (Lipinski definition) is 5. The van der Waals surface area contributed by atoms with Gasteiger partial charge in [0.25, 0.3) is 0 Å². The average Bonchev–Trinajstić information content (AvgIpc) is 3.53. The maximum absolute atomic E-state index is 12.6. The van der Waals surface area contributed by atoms with Gasteiger partial charge < -0.3 is 25.2 Å². The van der Waals surface area contributed by atoms with Crippen LogP contribution in [0.15, 0.2) is 48.5 Å². The van der Waals surface area contributed by atoms with Crippen LogP contribution in [0, 0.1) is 5.92 Å². The molecule has 2 aromatic rings. The van der Waals surface area contributed by atoms with E-state index in [0.717, 1.165) is 24.0 Å². The van der Waals surface area contributed by atoms with Crippen molar-refractivity contribution in [3.8, 4) is 11.1 Å². The minimum atomic E-state index is -1.27. The number of nitrogens with one attached hydrogen (secondary N) is 2. The highest BCUT2D eigenvalue weighted by atomic mass is 16.5. The Hall–Kier alpha value is -3.39. The van der Waals surface area contributed by atoms with E-state index < -0.39 is 29.6 Å². The molecule has 35 heavy (non-hydrogen) atoms. The SMILES string of the molecule is CC(NC(=O)C1CCC(CNC(=O)OCC2c3ccccc3-c3ccccc32)O1)(C(=O)O)C1CC1. The average molecular weight is 479 g/mol. The smallest absolute Gasteiger partial charge is 0.407 e. The number of ether oxygens (including phenoxy) is 2. The van der Waals surface area contributed by atoms with E-state index >= 15 is 0 Å². The maximum atomic E-state index is 12.6. The number of carboxylic acid groups (broad SMARTS) is 1. The van der Waals surface area contributed by atoms with Crippen LogP contribution >= 0.6 is 0 Å². The van der Waals surface area contributed by atoms with Gasteiger partial charge in [0.15, 0.2) is 0 Å². The second kappa shape index (κ2) is 9.34. The molecule has 3 N–H and O–H groups in total. The fraction of sp³-hybridized carbons (Fsp3) is 0.444. The summed E-state index contributed by atoms with van der Waals surface area (Å²) < 4.78 is 11.3. The van der Waals surface area contributed by atoms with E-state index in [1.807, 2.05) is 24.3 Å². The predicted molar refractivity (Wildman–Crippen MR) is 128 cm³/mol. The van der Waals surface area contributed by atoms with Crippen molar-refractivity contribution in [3.05, 3.63) is 59.7 Å². The van der Waals surface area contributed by atoms with Crippen LogP contribution in [0.1, 0.15) is 49.7 Å². The molecular formula is C27H30N2O6. The van der Waals surface area contributed by atoms with E-state index in [0.29, 0.717) is 12.8 Å². The van der Waals surface area contributed by atoms with E-state index in [2.05, 4.69) is 34.9 Å². The zero-order valence-corrected chi connectivity index (χ0v) is 19.7. The fourth-order valence-electron chi connectivity index (χ4n) is 5.22. The van der Waals surface area contributed by atoms with Crippen LogP contribution in [-0.4, -0.2) is 54.0 Å². The Morgan fingerprint density at radius 3 is 2.23 bits per heavy atom. The van der Waals surface area contributed by atoms with Crippen molar-refractivity contribution in [2.24, 2.45) is 5.92 Å². The van der Waals surface area contributed by atoms with Crippen molar-refractivity contribution in [2.45, 2.75) is 56.3 Å². The lowest BCUT2D eigenvalue weighted by atomic mass is 9.95. The predicted octanol–water partition coefficient (Wildman–Crippen LogP) is 3.44. The van der Waals surface area contributed by atoms with Crippen molar-refractivity contribution in [1.29, 1.82) is 0 Å². The van der Waals surface area contributed by atoms with Crippen molar-refractivity contribution in [1.82, 2.24) is 10.6 Å². The molecule has 0 spiro atoms. The summed E-state index contributed by atoms with van der Waals surface area (Å²) in [5.74, 6) is -1.50. The molecule has 0 aromatic heterocycles. The molecule has 2 amide bonds. The topological polar surface area (TPSA) is 114 Å². The molecule has 184 valence electrons. The summed E-state index contributed by atoms with van der Waals surface area (Å²) in [5.41, 5.74) is 3.36. The lowest BCUT2D eigenvalue weighted by molar-refractivity contribution is -0.150. The molecule has 1 heterocycles. The molecule has 5 rings (SSSR count). The molecule has 1 aliphatic heterocycles. The number of carbonyl (C=O) groups is 3. The number of carbonyl (C=O) groups excluding carboxylic acids is 2. The number of amides is 2. The second-order valence-electron chi connectivity index (χ2n) is 9.80. The third-order valence-corrected chi connectivity index (χ3v) is 7.44. The highest BCUT2D eigenvalue weighted by molar-refractivity contribution is 5.89. The van der Waals surface area contributed by atoms with Gasteiger partial charge in [-0.2, -0.15) is 0 Å². The molecule has 2 aromatic carbocycles. The number of benzene rings is 2. The number of rotatable bonds is 8. The number of aliphatic carboxylic acids is 1. The Balaban J connectivity index is 1.10. The molecular weight excluding hydrogens is 448 g/mol. The first-order valence-corrected chi connectivity index (χ1v) is 12.2. The summed E-state index contributed by atoms with van der Waals surface area (Å²) >= 11 is 0. The van der Waals surface area contributed by atoms with Crippen molar-refractivity contribution >= 4 is 18.0 Å². The number of hydrogen-bond donors (Lipinski definition) is 3. The van der Waals surface area contributed by atoms with Gasteiger partial charge in [-0.1, -0.05) is 48.5 Å². The molecule has 2 fully saturated rings.